The largest absolute Gasteiger partial charge is 0.472 e. The smallest absolute Gasteiger partial charge is 0.462 e. The second-order valence-electron chi connectivity index (χ2n) is 13.8. The molecule has 0 heterocycles. The van der Waals surface area contributed by atoms with Crippen LogP contribution in [0.5, 0.6) is 0 Å². The lowest BCUT2D eigenvalue weighted by atomic mass is 10.1. The van der Waals surface area contributed by atoms with Crippen LogP contribution in [-0.2, 0) is 32.7 Å². The van der Waals surface area contributed by atoms with E-state index in [-0.39, 0.29) is 32.6 Å². The number of esters is 2. The molecule has 3 N–H and O–H groups in total. The summed E-state index contributed by atoms with van der Waals surface area (Å²) in [7, 11) is -4.41. The Morgan fingerprint density at radius 2 is 1.00 bits per heavy atom. The van der Waals surface area contributed by atoms with Crippen molar-refractivity contribution in [2.45, 2.75) is 161 Å². The van der Waals surface area contributed by atoms with Crippen LogP contribution in [-0.4, -0.2) is 49.3 Å². The number of rotatable bonds is 39. The Labute approximate surface area is 346 Å². The zero-order chi connectivity index (χ0) is 41.8. The Morgan fingerprint density at radius 3 is 1.51 bits per heavy atom. The molecule has 2 unspecified atom stereocenters. The van der Waals surface area contributed by atoms with Crippen molar-refractivity contribution < 1.29 is 37.6 Å². The summed E-state index contributed by atoms with van der Waals surface area (Å²) in [5.41, 5.74) is 5.34. The molecular formula is C47H78NO8P. The summed E-state index contributed by atoms with van der Waals surface area (Å²) in [6, 6.07) is 0. The zero-order valence-corrected chi connectivity index (χ0v) is 36.4. The number of carbonyl (C=O) groups excluding carboxylic acids is 2. The van der Waals surface area contributed by atoms with Gasteiger partial charge in [-0.1, -0.05) is 156 Å². The van der Waals surface area contributed by atoms with Crippen LogP contribution in [0.4, 0.5) is 0 Å². The molecule has 0 aliphatic carbocycles. The maximum Gasteiger partial charge on any atom is 0.472 e. The molecule has 0 aliphatic heterocycles. The fourth-order valence-corrected chi connectivity index (χ4v) is 6.04. The van der Waals surface area contributed by atoms with Gasteiger partial charge in [0.25, 0.3) is 0 Å². The Hall–Kier alpha value is -3.07. The number of nitrogens with two attached hydrogens (primary N) is 1. The second kappa shape index (κ2) is 42.5. The normalized spacial score (nSPS) is 14.2. The van der Waals surface area contributed by atoms with Crippen LogP contribution in [0.3, 0.4) is 0 Å². The van der Waals surface area contributed by atoms with E-state index in [1.54, 1.807) is 0 Å². The van der Waals surface area contributed by atoms with Gasteiger partial charge in [0.15, 0.2) is 6.10 Å². The fraction of sp³-hybridized carbons (Fsp3) is 0.617. The van der Waals surface area contributed by atoms with Crippen molar-refractivity contribution in [3.05, 3.63) is 97.2 Å². The van der Waals surface area contributed by atoms with Crippen LogP contribution in [0.2, 0.25) is 0 Å². The Bertz CT molecular complexity index is 1250. The van der Waals surface area contributed by atoms with Crippen molar-refractivity contribution in [1.29, 1.82) is 0 Å². The quantitative estimate of drug-likeness (QED) is 0.0269. The maximum absolute atomic E-state index is 12.6. The first-order valence-corrected chi connectivity index (χ1v) is 23.2. The molecular weight excluding hydrogens is 737 g/mol. The fourth-order valence-electron chi connectivity index (χ4n) is 5.28. The molecule has 0 rings (SSSR count). The van der Waals surface area contributed by atoms with E-state index in [9.17, 15) is 19.0 Å². The topological polar surface area (TPSA) is 134 Å². The van der Waals surface area contributed by atoms with Gasteiger partial charge in [-0.3, -0.25) is 18.6 Å². The first-order chi connectivity index (χ1) is 27.8. The number of phosphoric ester groups is 1. The summed E-state index contributed by atoms with van der Waals surface area (Å²) < 4.78 is 32.7. The van der Waals surface area contributed by atoms with E-state index < -0.39 is 32.5 Å². The highest BCUT2D eigenvalue weighted by Crippen LogP contribution is 2.43. The molecule has 0 aliphatic rings. The van der Waals surface area contributed by atoms with Crippen LogP contribution in [0.1, 0.15) is 155 Å². The van der Waals surface area contributed by atoms with Crippen molar-refractivity contribution in [1.82, 2.24) is 0 Å². The summed E-state index contributed by atoms with van der Waals surface area (Å²) in [6.45, 7) is 3.47. The zero-order valence-electron chi connectivity index (χ0n) is 35.5. The highest BCUT2D eigenvalue weighted by molar-refractivity contribution is 7.47. The first kappa shape index (κ1) is 53.9. The van der Waals surface area contributed by atoms with Crippen molar-refractivity contribution in [2.75, 3.05) is 26.4 Å². The molecule has 324 valence electrons. The van der Waals surface area contributed by atoms with Crippen LogP contribution in [0.15, 0.2) is 97.2 Å². The van der Waals surface area contributed by atoms with Crippen molar-refractivity contribution >= 4 is 19.8 Å². The average Bonchev–Trinajstić information content (AvgIpc) is 3.20. The molecule has 0 amide bonds. The summed E-state index contributed by atoms with van der Waals surface area (Å²) in [5.74, 6) is -0.945. The number of unbranched alkanes of at least 4 members (excludes halogenated alkanes) is 10. The molecule has 10 heteroatoms. The van der Waals surface area contributed by atoms with Gasteiger partial charge in [0.1, 0.15) is 6.61 Å². The molecule has 0 aromatic heterocycles. The minimum Gasteiger partial charge on any atom is -0.462 e. The van der Waals surface area contributed by atoms with Crippen molar-refractivity contribution in [3.8, 4) is 0 Å². The SMILES string of the molecule is CC/C=C\C/C=C\C/C=C\C/C=C\C/C=C\C/C=C\CCC(=O)OC(COC(=O)CCCCCCCCC/C=C\C/C=C\CCCCC)COP(=O)(O)OCCN. The number of ether oxygens (including phenoxy) is 2. The van der Waals surface area contributed by atoms with Crippen LogP contribution in [0, 0.1) is 0 Å². The third-order valence-corrected chi connectivity index (χ3v) is 9.45. The molecule has 9 nitrogen and oxygen atoms in total. The van der Waals surface area contributed by atoms with Gasteiger partial charge in [-0.2, -0.15) is 0 Å². The van der Waals surface area contributed by atoms with E-state index in [0.717, 1.165) is 70.6 Å². The Kier molecular flexibility index (Phi) is 40.2. The molecule has 0 aromatic carbocycles. The van der Waals surface area contributed by atoms with Crippen LogP contribution >= 0.6 is 7.82 Å². The van der Waals surface area contributed by atoms with E-state index in [4.69, 9.17) is 24.3 Å². The van der Waals surface area contributed by atoms with E-state index in [1.807, 2.05) is 12.2 Å². The standard InChI is InChI=1S/C47H78NO8P/c1-3-5-7-9-11-13-15-17-19-21-22-24-26-28-30-32-34-36-38-40-47(50)56-45(44-55-57(51,52)54-42-41-48)43-53-46(49)39-37-35-33-31-29-27-25-23-20-18-16-14-12-10-8-6-4-2/h5,7,11-14,17-20,22,24,28,30,34,36,45H,3-4,6,8-10,15-16,21,23,25-27,29,31-33,35,37-44,48H2,1-2H3,(H,51,52)/b7-5-,13-11-,14-12-,19-17-,20-18-,24-22-,30-28-,36-34-. The molecule has 0 fully saturated rings. The average molecular weight is 816 g/mol. The van der Waals surface area contributed by atoms with Crippen molar-refractivity contribution in [3.63, 3.8) is 0 Å². The van der Waals surface area contributed by atoms with E-state index in [1.165, 1.54) is 44.9 Å². The van der Waals surface area contributed by atoms with Gasteiger partial charge in [-0.25, -0.2) is 4.57 Å². The third-order valence-electron chi connectivity index (χ3n) is 8.47. The van der Waals surface area contributed by atoms with Gasteiger partial charge >= 0.3 is 19.8 Å². The van der Waals surface area contributed by atoms with Gasteiger partial charge in [0.05, 0.1) is 13.2 Å². The van der Waals surface area contributed by atoms with Crippen molar-refractivity contribution in [2.24, 2.45) is 5.73 Å². The number of allylic oxidation sites excluding steroid dienone is 16. The number of hydrogen-bond acceptors (Lipinski definition) is 8. The predicted molar refractivity (Wildman–Crippen MR) is 238 cm³/mol. The minimum absolute atomic E-state index is 0.0354. The second-order valence-corrected chi connectivity index (χ2v) is 15.3. The van der Waals surface area contributed by atoms with Crippen LogP contribution < -0.4 is 5.73 Å². The number of phosphoric acid groups is 1. The minimum atomic E-state index is -4.41. The summed E-state index contributed by atoms with van der Waals surface area (Å²) in [5, 5.41) is 0. The predicted octanol–water partition coefficient (Wildman–Crippen LogP) is 12.6. The highest BCUT2D eigenvalue weighted by Gasteiger charge is 2.25. The van der Waals surface area contributed by atoms with Gasteiger partial charge in [0.2, 0.25) is 0 Å². The van der Waals surface area contributed by atoms with Gasteiger partial charge < -0.3 is 20.1 Å². The highest BCUT2D eigenvalue weighted by atomic mass is 31.2. The number of carbonyl (C=O) groups is 2. The van der Waals surface area contributed by atoms with E-state index >= 15 is 0 Å². The first-order valence-electron chi connectivity index (χ1n) is 21.7. The van der Waals surface area contributed by atoms with Gasteiger partial charge in [-0.15, -0.1) is 0 Å². The lowest BCUT2D eigenvalue weighted by molar-refractivity contribution is -0.161. The summed E-state index contributed by atoms with van der Waals surface area (Å²) in [4.78, 5) is 34.8. The third kappa shape index (κ3) is 42.4. The van der Waals surface area contributed by atoms with Gasteiger partial charge in [-0.05, 0) is 83.5 Å². The molecule has 2 atom stereocenters. The van der Waals surface area contributed by atoms with Crippen LogP contribution in [0.25, 0.3) is 0 Å². The number of hydrogen-bond donors (Lipinski definition) is 2. The molecule has 0 radical (unpaired) electrons. The lowest BCUT2D eigenvalue weighted by Crippen LogP contribution is -2.29. The Morgan fingerprint density at radius 1 is 0.544 bits per heavy atom. The maximum atomic E-state index is 12.6. The molecule has 0 saturated heterocycles. The lowest BCUT2D eigenvalue weighted by Gasteiger charge is -2.19. The molecule has 0 saturated carbocycles. The summed E-state index contributed by atoms with van der Waals surface area (Å²) in [6.07, 6.45) is 54.5. The molecule has 0 aromatic rings. The Balaban J connectivity index is 4.32. The molecule has 0 spiro atoms. The summed E-state index contributed by atoms with van der Waals surface area (Å²) >= 11 is 0. The monoisotopic (exact) mass is 816 g/mol. The van der Waals surface area contributed by atoms with Gasteiger partial charge in [0, 0.05) is 19.4 Å². The molecule has 57 heavy (non-hydrogen) atoms. The molecule has 0 bridgehead atoms. The van der Waals surface area contributed by atoms with E-state index in [2.05, 4.69) is 98.9 Å². The van der Waals surface area contributed by atoms with E-state index in [0.29, 0.717) is 12.8 Å².